The molecule has 1 aliphatic carbocycles. The maximum Gasteiger partial charge on any atom is 0.322 e. The van der Waals surface area contributed by atoms with Crippen LogP contribution in [-0.4, -0.2) is 55.2 Å². The molecule has 120 valence electrons. The van der Waals surface area contributed by atoms with E-state index >= 15 is 0 Å². The Kier molecular flexibility index (Phi) is 4.45. The number of halogens is 1. The number of nitrogens with one attached hydrogen (secondary N) is 1. The van der Waals surface area contributed by atoms with E-state index < -0.39 is 0 Å². The lowest BCUT2D eigenvalue weighted by Gasteiger charge is -2.34. The lowest BCUT2D eigenvalue weighted by Crippen LogP contribution is -2.50. The zero-order chi connectivity index (χ0) is 15.7. The number of rotatable bonds is 3. The summed E-state index contributed by atoms with van der Waals surface area (Å²) in [6, 6.07) is 4.27. The number of urea groups is 1. The molecule has 1 saturated heterocycles. The minimum Gasteiger partial charge on any atom is -0.495 e. The molecule has 0 unspecified atom stereocenters. The van der Waals surface area contributed by atoms with Gasteiger partial charge in [-0.15, -0.1) is 0 Å². The van der Waals surface area contributed by atoms with Crippen molar-refractivity contribution in [3.8, 4) is 5.75 Å². The molecule has 1 aliphatic heterocycles. The fraction of sp³-hybridized carbons (Fsp3) is 0.562. The summed E-state index contributed by atoms with van der Waals surface area (Å²) >= 11 is 6.09. The highest BCUT2D eigenvalue weighted by molar-refractivity contribution is 6.31. The van der Waals surface area contributed by atoms with Crippen molar-refractivity contribution in [3.63, 3.8) is 0 Å². The summed E-state index contributed by atoms with van der Waals surface area (Å²) in [4.78, 5) is 16.8. The van der Waals surface area contributed by atoms with E-state index in [-0.39, 0.29) is 6.03 Å². The van der Waals surface area contributed by atoms with E-state index in [1.54, 1.807) is 13.2 Å². The van der Waals surface area contributed by atoms with Gasteiger partial charge in [-0.3, -0.25) is 4.90 Å². The van der Waals surface area contributed by atoms with Crippen LogP contribution in [0.15, 0.2) is 12.1 Å². The van der Waals surface area contributed by atoms with Gasteiger partial charge in [0.1, 0.15) is 5.75 Å². The average Bonchev–Trinajstić information content (AvgIpc) is 3.35. The molecule has 0 spiro atoms. The van der Waals surface area contributed by atoms with Crippen LogP contribution in [0.4, 0.5) is 10.5 Å². The van der Waals surface area contributed by atoms with Crippen LogP contribution in [0.5, 0.6) is 5.75 Å². The number of ether oxygens (including phenoxy) is 1. The summed E-state index contributed by atoms with van der Waals surface area (Å²) in [6.45, 7) is 5.39. The molecule has 6 heteroatoms. The molecule has 0 radical (unpaired) electrons. The van der Waals surface area contributed by atoms with Crippen molar-refractivity contribution < 1.29 is 9.53 Å². The highest BCUT2D eigenvalue weighted by atomic mass is 35.5. The Labute approximate surface area is 136 Å². The second kappa shape index (κ2) is 6.34. The molecule has 5 nitrogen and oxygen atoms in total. The van der Waals surface area contributed by atoms with Crippen molar-refractivity contribution >= 4 is 23.3 Å². The number of methoxy groups -OCH3 is 1. The molecule has 1 N–H and O–H groups in total. The Morgan fingerprint density at radius 3 is 2.55 bits per heavy atom. The van der Waals surface area contributed by atoms with Crippen molar-refractivity contribution in [1.29, 1.82) is 0 Å². The van der Waals surface area contributed by atoms with Crippen LogP contribution < -0.4 is 10.1 Å². The Hall–Kier alpha value is -1.46. The largest absolute Gasteiger partial charge is 0.495 e. The molecule has 1 aromatic carbocycles. The summed E-state index contributed by atoms with van der Waals surface area (Å²) in [5.74, 6) is 0.584. The van der Waals surface area contributed by atoms with Gasteiger partial charge in [0.2, 0.25) is 0 Å². The van der Waals surface area contributed by atoms with Crippen LogP contribution in [0, 0.1) is 6.92 Å². The molecule has 22 heavy (non-hydrogen) atoms. The summed E-state index contributed by atoms with van der Waals surface area (Å²) in [7, 11) is 1.57. The molecule has 3 rings (SSSR count). The second-order valence-electron chi connectivity index (χ2n) is 5.99. The summed E-state index contributed by atoms with van der Waals surface area (Å²) < 4.78 is 5.30. The number of benzene rings is 1. The van der Waals surface area contributed by atoms with Gasteiger partial charge in [-0.2, -0.15) is 0 Å². The number of hydrogen-bond acceptors (Lipinski definition) is 3. The summed E-state index contributed by atoms with van der Waals surface area (Å²) in [5, 5.41) is 3.58. The van der Waals surface area contributed by atoms with Gasteiger partial charge in [0.05, 0.1) is 12.8 Å². The predicted octanol–water partition coefficient (Wildman–Crippen LogP) is 2.97. The van der Waals surface area contributed by atoms with Gasteiger partial charge in [-0.1, -0.05) is 11.6 Å². The monoisotopic (exact) mass is 323 g/mol. The Morgan fingerprint density at radius 2 is 1.95 bits per heavy atom. The van der Waals surface area contributed by atoms with E-state index in [0.29, 0.717) is 16.5 Å². The van der Waals surface area contributed by atoms with E-state index in [2.05, 4.69) is 10.2 Å². The van der Waals surface area contributed by atoms with Gasteiger partial charge in [0.15, 0.2) is 0 Å². The van der Waals surface area contributed by atoms with Gasteiger partial charge in [-0.05, 0) is 31.4 Å². The van der Waals surface area contributed by atoms with Crippen molar-refractivity contribution in [2.45, 2.75) is 25.8 Å². The third kappa shape index (κ3) is 3.31. The molecule has 2 amide bonds. The van der Waals surface area contributed by atoms with Crippen molar-refractivity contribution in [2.24, 2.45) is 0 Å². The molecule has 1 aromatic rings. The molecule has 0 atom stereocenters. The smallest absolute Gasteiger partial charge is 0.322 e. The number of piperazine rings is 1. The maximum absolute atomic E-state index is 12.4. The molecule has 1 heterocycles. The number of hydrogen-bond donors (Lipinski definition) is 1. The van der Waals surface area contributed by atoms with Gasteiger partial charge in [0.25, 0.3) is 0 Å². The van der Waals surface area contributed by atoms with Crippen LogP contribution in [0.2, 0.25) is 5.02 Å². The molecular formula is C16H22ClN3O2. The van der Waals surface area contributed by atoms with Crippen molar-refractivity contribution in [3.05, 3.63) is 22.7 Å². The number of carbonyl (C=O) groups is 1. The molecule has 2 aliphatic rings. The highest BCUT2D eigenvalue weighted by Gasteiger charge is 2.32. The summed E-state index contributed by atoms with van der Waals surface area (Å²) in [5.41, 5.74) is 1.58. The molecule has 0 bridgehead atoms. The third-order valence-electron chi connectivity index (χ3n) is 4.39. The SMILES string of the molecule is COc1cc(Cl)c(C)cc1NC(=O)N1CCN(C2CC2)CC1. The number of amides is 2. The second-order valence-corrected chi connectivity index (χ2v) is 6.39. The van der Waals surface area contributed by atoms with Gasteiger partial charge in [0, 0.05) is 43.3 Å². The van der Waals surface area contributed by atoms with E-state index in [0.717, 1.165) is 37.8 Å². The van der Waals surface area contributed by atoms with Gasteiger partial charge in [-0.25, -0.2) is 4.79 Å². The van der Waals surface area contributed by atoms with Crippen LogP contribution in [0.25, 0.3) is 0 Å². The molecule has 0 aromatic heterocycles. The van der Waals surface area contributed by atoms with E-state index in [1.807, 2.05) is 17.9 Å². The average molecular weight is 324 g/mol. The fourth-order valence-corrected chi connectivity index (χ4v) is 3.01. The normalized spacial score (nSPS) is 19.1. The molecule has 1 saturated carbocycles. The number of anilines is 1. The van der Waals surface area contributed by atoms with Crippen molar-refractivity contribution in [1.82, 2.24) is 9.80 Å². The number of nitrogens with zero attached hydrogens (tertiary/aromatic N) is 2. The van der Waals surface area contributed by atoms with Crippen LogP contribution in [-0.2, 0) is 0 Å². The first-order valence-electron chi connectivity index (χ1n) is 7.72. The minimum atomic E-state index is -0.0736. The zero-order valence-corrected chi connectivity index (χ0v) is 13.8. The fourth-order valence-electron chi connectivity index (χ4n) is 2.85. The number of carbonyl (C=O) groups excluding carboxylic acids is 1. The Morgan fingerprint density at radius 1 is 1.27 bits per heavy atom. The lowest BCUT2D eigenvalue weighted by atomic mass is 10.2. The Balaban J connectivity index is 1.63. The molecular weight excluding hydrogens is 302 g/mol. The highest BCUT2D eigenvalue weighted by Crippen LogP contribution is 2.31. The zero-order valence-electron chi connectivity index (χ0n) is 13.1. The predicted molar refractivity (Wildman–Crippen MR) is 87.9 cm³/mol. The standard InChI is InChI=1S/C16H22ClN3O2/c1-11-9-14(15(22-2)10-13(11)17)18-16(21)20-7-5-19(6-8-20)12-3-4-12/h9-10,12H,3-8H2,1-2H3,(H,18,21). The maximum atomic E-state index is 12.4. The van der Waals surface area contributed by atoms with Crippen LogP contribution in [0.1, 0.15) is 18.4 Å². The van der Waals surface area contributed by atoms with E-state index in [4.69, 9.17) is 16.3 Å². The van der Waals surface area contributed by atoms with Gasteiger partial charge < -0.3 is 15.0 Å². The lowest BCUT2D eigenvalue weighted by molar-refractivity contribution is 0.142. The molecule has 2 fully saturated rings. The van der Waals surface area contributed by atoms with E-state index in [9.17, 15) is 4.79 Å². The summed E-state index contributed by atoms with van der Waals surface area (Å²) in [6.07, 6.45) is 2.63. The first-order valence-corrected chi connectivity index (χ1v) is 8.10. The van der Waals surface area contributed by atoms with E-state index in [1.165, 1.54) is 12.8 Å². The van der Waals surface area contributed by atoms with Crippen LogP contribution >= 0.6 is 11.6 Å². The van der Waals surface area contributed by atoms with Gasteiger partial charge >= 0.3 is 6.03 Å². The number of aryl methyl sites for hydroxylation is 1. The Bertz CT molecular complexity index is 567. The van der Waals surface area contributed by atoms with Crippen molar-refractivity contribution in [2.75, 3.05) is 38.6 Å². The first kappa shape index (κ1) is 15.4. The van der Waals surface area contributed by atoms with Crippen LogP contribution in [0.3, 0.4) is 0 Å². The topological polar surface area (TPSA) is 44.8 Å². The quantitative estimate of drug-likeness (QED) is 0.930. The first-order chi connectivity index (χ1) is 10.6. The minimum absolute atomic E-state index is 0.0736. The third-order valence-corrected chi connectivity index (χ3v) is 4.79.